The molecule has 2 rings (SSSR count). The third-order valence-electron chi connectivity index (χ3n) is 3.42. The molecular formula is C18H13F3N2O. The fourth-order valence-electron chi connectivity index (χ4n) is 2.12. The van der Waals surface area contributed by atoms with Crippen molar-refractivity contribution < 1.29 is 18.0 Å². The molecule has 1 aromatic carbocycles. The van der Waals surface area contributed by atoms with Crippen LogP contribution in [0.15, 0.2) is 54.7 Å². The molecule has 0 N–H and O–H groups in total. The number of carbonyl (C=O) groups excluding carboxylic acids is 1. The molecule has 24 heavy (non-hydrogen) atoms. The molecule has 1 atom stereocenters. The zero-order chi connectivity index (χ0) is 17.7. The Morgan fingerprint density at radius 1 is 1.21 bits per heavy atom. The number of rotatable bonds is 4. The Kier molecular flexibility index (Phi) is 5.14. The fourth-order valence-corrected chi connectivity index (χ4v) is 2.12. The summed E-state index contributed by atoms with van der Waals surface area (Å²) in [4.78, 5) is 16.3. The molecule has 0 saturated carbocycles. The second-order valence-corrected chi connectivity index (χ2v) is 5.12. The molecule has 0 radical (unpaired) electrons. The minimum absolute atomic E-state index is 0.335. The van der Waals surface area contributed by atoms with Crippen molar-refractivity contribution in [3.63, 3.8) is 0 Å². The first-order chi connectivity index (χ1) is 11.3. The van der Waals surface area contributed by atoms with Crippen LogP contribution in [0.3, 0.4) is 0 Å². The van der Waals surface area contributed by atoms with E-state index in [1.807, 2.05) is 6.07 Å². The Labute approximate surface area is 137 Å². The number of carbonyl (C=O) groups is 1. The predicted octanol–water partition coefficient (Wildman–Crippen LogP) is 4.38. The lowest BCUT2D eigenvalue weighted by Crippen LogP contribution is -2.10. The second kappa shape index (κ2) is 7.09. The summed E-state index contributed by atoms with van der Waals surface area (Å²) in [6, 6.07) is 11.3. The lowest BCUT2D eigenvalue weighted by molar-refractivity contribution is -0.137. The lowest BCUT2D eigenvalue weighted by Gasteiger charge is -2.09. The number of ketones is 1. The van der Waals surface area contributed by atoms with Gasteiger partial charge in [-0.25, -0.2) is 0 Å². The SMILES string of the molecule is C/C(=C/C(=O)[C@H](C#N)c1ccccn1)c1ccc(C(F)(F)F)cc1. The second-order valence-electron chi connectivity index (χ2n) is 5.12. The summed E-state index contributed by atoms with van der Waals surface area (Å²) in [5.41, 5.74) is 0.536. The van der Waals surface area contributed by atoms with E-state index < -0.39 is 23.4 Å². The Bertz CT molecular complexity index is 788. The van der Waals surface area contributed by atoms with Gasteiger partial charge in [0.15, 0.2) is 11.7 Å². The number of hydrogen-bond acceptors (Lipinski definition) is 3. The predicted molar refractivity (Wildman–Crippen MR) is 82.7 cm³/mol. The molecule has 1 aromatic heterocycles. The number of alkyl halides is 3. The Morgan fingerprint density at radius 3 is 2.38 bits per heavy atom. The van der Waals surface area contributed by atoms with Gasteiger partial charge in [-0.2, -0.15) is 18.4 Å². The van der Waals surface area contributed by atoms with E-state index >= 15 is 0 Å². The summed E-state index contributed by atoms with van der Waals surface area (Å²) in [7, 11) is 0. The summed E-state index contributed by atoms with van der Waals surface area (Å²) in [6.45, 7) is 1.60. The van der Waals surface area contributed by atoms with Crippen LogP contribution in [0, 0.1) is 11.3 Å². The van der Waals surface area contributed by atoms with Gasteiger partial charge in [-0.1, -0.05) is 18.2 Å². The quantitative estimate of drug-likeness (QED) is 0.782. The Balaban J connectivity index is 2.23. The fraction of sp³-hybridized carbons (Fsp3) is 0.167. The molecule has 3 nitrogen and oxygen atoms in total. The molecule has 0 unspecified atom stereocenters. The molecule has 0 bridgehead atoms. The van der Waals surface area contributed by atoms with Crippen LogP contribution in [0.2, 0.25) is 0 Å². The number of pyridine rings is 1. The average molecular weight is 330 g/mol. The zero-order valence-electron chi connectivity index (χ0n) is 12.7. The van der Waals surface area contributed by atoms with Gasteiger partial charge in [-0.15, -0.1) is 0 Å². The van der Waals surface area contributed by atoms with Crippen molar-refractivity contribution in [2.75, 3.05) is 0 Å². The van der Waals surface area contributed by atoms with Crippen molar-refractivity contribution in [3.8, 4) is 6.07 Å². The van der Waals surface area contributed by atoms with Crippen molar-refractivity contribution in [3.05, 3.63) is 71.6 Å². The minimum Gasteiger partial charge on any atom is -0.293 e. The first kappa shape index (κ1) is 17.4. The highest BCUT2D eigenvalue weighted by Gasteiger charge is 2.30. The van der Waals surface area contributed by atoms with E-state index in [-0.39, 0.29) is 0 Å². The van der Waals surface area contributed by atoms with E-state index in [1.165, 1.54) is 24.4 Å². The number of allylic oxidation sites excluding steroid dienone is 2. The van der Waals surface area contributed by atoms with Gasteiger partial charge in [0.05, 0.1) is 17.3 Å². The molecule has 1 heterocycles. The van der Waals surface area contributed by atoms with E-state index in [4.69, 9.17) is 0 Å². The largest absolute Gasteiger partial charge is 0.416 e. The monoisotopic (exact) mass is 330 g/mol. The van der Waals surface area contributed by atoms with Crippen LogP contribution < -0.4 is 0 Å². The maximum atomic E-state index is 12.6. The van der Waals surface area contributed by atoms with Crippen LogP contribution in [0.25, 0.3) is 5.57 Å². The van der Waals surface area contributed by atoms with E-state index in [0.717, 1.165) is 12.1 Å². The van der Waals surface area contributed by atoms with Gasteiger partial charge in [0, 0.05) is 6.20 Å². The van der Waals surface area contributed by atoms with Crippen LogP contribution in [0.1, 0.15) is 29.7 Å². The number of hydrogen-bond donors (Lipinski definition) is 0. The lowest BCUT2D eigenvalue weighted by atomic mass is 9.97. The van der Waals surface area contributed by atoms with E-state index in [2.05, 4.69) is 4.98 Å². The van der Waals surface area contributed by atoms with Gasteiger partial charge in [0.1, 0.15) is 0 Å². The van der Waals surface area contributed by atoms with Crippen molar-refractivity contribution >= 4 is 11.4 Å². The molecule has 0 aliphatic heterocycles. The minimum atomic E-state index is -4.41. The van der Waals surface area contributed by atoms with Crippen LogP contribution in [-0.2, 0) is 11.0 Å². The number of nitriles is 1. The summed E-state index contributed by atoms with van der Waals surface area (Å²) >= 11 is 0. The molecule has 2 aromatic rings. The molecule has 6 heteroatoms. The first-order valence-electron chi connectivity index (χ1n) is 7.03. The number of benzene rings is 1. The number of halogens is 3. The highest BCUT2D eigenvalue weighted by atomic mass is 19.4. The average Bonchev–Trinajstić information content (AvgIpc) is 2.56. The van der Waals surface area contributed by atoms with Gasteiger partial charge < -0.3 is 0 Å². The zero-order valence-corrected chi connectivity index (χ0v) is 12.7. The molecule has 0 aliphatic rings. The molecule has 0 spiro atoms. The topological polar surface area (TPSA) is 53.8 Å². The van der Waals surface area contributed by atoms with Gasteiger partial charge in [-0.05, 0) is 48.4 Å². The van der Waals surface area contributed by atoms with Crippen molar-refractivity contribution in [2.24, 2.45) is 0 Å². The van der Waals surface area contributed by atoms with Gasteiger partial charge in [0.2, 0.25) is 0 Å². The Hall–Kier alpha value is -2.94. The number of aromatic nitrogens is 1. The van der Waals surface area contributed by atoms with Gasteiger partial charge >= 0.3 is 6.18 Å². The van der Waals surface area contributed by atoms with E-state index in [0.29, 0.717) is 16.8 Å². The Morgan fingerprint density at radius 2 is 1.88 bits per heavy atom. The van der Waals surface area contributed by atoms with Crippen LogP contribution in [-0.4, -0.2) is 10.8 Å². The summed E-state index contributed by atoms with van der Waals surface area (Å²) in [6.07, 6.45) is -1.67. The molecule has 122 valence electrons. The number of nitrogens with zero attached hydrogens (tertiary/aromatic N) is 2. The van der Waals surface area contributed by atoms with Crippen molar-refractivity contribution in [2.45, 2.75) is 19.0 Å². The van der Waals surface area contributed by atoms with Crippen LogP contribution in [0.4, 0.5) is 13.2 Å². The van der Waals surface area contributed by atoms with E-state index in [9.17, 15) is 23.2 Å². The molecule has 0 amide bonds. The van der Waals surface area contributed by atoms with E-state index in [1.54, 1.807) is 25.1 Å². The molecule has 0 fully saturated rings. The summed E-state index contributed by atoms with van der Waals surface area (Å²) in [5.74, 6) is -1.51. The molecular weight excluding hydrogens is 317 g/mol. The van der Waals surface area contributed by atoms with Crippen molar-refractivity contribution in [1.82, 2.24) is 4.98 Å². The smallest absolute Gasteiger partial charge is 0.293 e. The van der Waals surface area contributed by atoms with Crippen LogP contribution >= 0.6 is 0 Å². The standard InChI is InChI=1S/C18H13F3N2O/c1-12(13-5-7-14(8-6-13)18(19,20)21)10-17(24)15(11-22)16-4-2-3-9-23-16/h2-10,15H,1H3/b12-10-/t15-/m1/s1. The van der Waals surface area contributed by atoms with Gasteiger partial charge in [-0.3, -0.25) is 9.78 Å². The van der Waals surface area contributed by atoms with Crippen LogP contribution in [0.5, 0.6) is 0 Å². The maximum Gasteiger partial charge on any atom is 0.416 e. The maximum absolute atomic E-state index is 12.6. The first-order valence-corrected chi connectivity index (χ1v) is 7.03. The third kappa shape index (κ3) is 4.07. The summed E-state index contributed by atoms with van der Waals surface area (Å²) < 4.78 is 37.7. The normalized spacial score (nSPS) is 13.2. The molecule has 0 aliphatic carbocycles. The summed E-state index contributed by atoms with van der Waals surface area (Å²) in [5, 5.41) is 9.19. The van der Waals surface area contributed by atoms with Gasteiger partial charge in [0.25, 0.3) is 0 Å². The van der Waals surface area contributed by atoms with Crippen molar-refractivity contribution in [1.29, 1.82) is 5.26 Å². The highest BCUT2D eigenvalue weighted by molar-refractivity contribution is 6.02. The highest BCUT2D eigenvalue weighted by Crippen LogP contribution is 2.30. The third-order valence-corrected chi connectivity index (χ3v) is 3.42. The molecule has 0 saturated heterocycles.